The number of nitrogens with zero attached hydrogens (tertiary/aromatic N) is 2. The Hall–Kier alpha value is -3.41. The highest BCUT2D eigenvalue weighted by Gasteiger charge is 2.08. The van der Waals surface area contributed by atoms with E-state index in [0.717, 1.165) is 28.1 Å². The van der Waals surface area contributed by atoms with Gasteiger partial charge >= 0.3 is 0 Å². The maximum Gasteiger partial charge on any atom is 0.271 e. The zero-order valence-electron chi connectivity index (χ0n) is 16.3. The number of anilines is 2. The molecule has 6 heteroatoms. The maximum atomic E-state index is 12.3. The lowest BCUT2D eigenvalue weighted by atomic mass is 10.1. The molecule has 1 aromatic heterocycles. The van der Waals surface area contributed by atoms with Crippen molar-refractivity contribution >= 4 is 17.4 Å². The number of rotatable bonds is 7. The van der Waals surface area contributed by atoms with E-state index in [2.05, 4.69) is 38.8 Å². The van der Waals surface area contributed by atoms with Crippen LogP contribution in [0, 0.1) is 13.8 Å². The van der Waals surface area contributed by atoms with Gasteiger partial charge in [-0.25, -0.2) is 9.97 Å². The van der Waals surface area contributed by atoms with E-state index in [-0.39, 0.29) is 11.6 Å². The highest BCUT2D eigenvalue weighted by Crippen LogP contribution is 2.20. The number of carbonyl (C=O) groups excluding carboxylic acids is 1. The van der Waals surface area contributed by atoms with Gasteiger partial charge in [0, 0.05) is 12.2 Å². The summed E-state index contributed by atoms with van der Waals surface area (Å²) in [4.78, 5) is 20.8. The molecular weight excluding hydrogens is 352 g/mol. The highest BCUT2D eigenvalue weighted by molar-refractivity contribution is 5.92. The SMILES string of the molecule is COc1cccc(CCNC(=O)c2cnc(Nc3cc(C)ccc3C)cn2)c1. The molecule has 2 N–H and O–H groups in total. The number of amides is 1. The lowest BCUT2D eigenvalue weighted by molar-refractivity contribution is 0.0949. The summed E-state index contributed by atoms with van der Waals surface area (Å²) in [6.07, 6.45) is 3.76. The number of benzene rings is 2. The molecule has 0 aliphatic heterocycles. The van der Waals surface area contributed by atoms with Crippen LogP contribution in [0.2, 0.25) is 0 Å². The molecule has 0 bridgehead atoms. The number of aromatic nitrogens is 2. The summed E-state index contributed by atoms with van der Waals surface area (Å²) in [5.41, 5.74) is 4.64. The molecule has 0 aliphatic rings. The minimum absolute atomic E-state index is 0.242. The second kappa shape index (κ2) is 8.99. The van der Waals surface area contributed by atoms with Crippen molar-refractivity contribution < 1.29 is 9.53 Å². The van der Waals surface area contributed by atoms with Crippen LogP contribution in [0.4, 0.5) is 11.5 Å². The molecular formula is C22H24N4O2. The molecule has 0 atom stereocenters. The Labute approximate surface area is 165 Å². The fourth-order valence-electron chi connectivity index (χ4n) is 2.76. The monoisotopic (exact) mass is 376 g/mol. The van der Waals surface area contributed by atoms with Gasteiger partial charge < -0.3 is 15.4 Å². The summed E-state index contributed by atoms with van der Waals surface area (Å²) >= 11 is 0. The Balaban J connectivity index is 1.55. The molecule has 2 aromatic carbocycles. The average Bonchev–Trinajstić information content (AvgIpc) is 2.71. The quantitative estimate of drug-likeness (QED) is 0.656. The molecule has 0 unspecified atom stereocenters. The van der Waals surface area contributed by atoms with E-state index in [1.165, 1.54) is 6.20 Å². The van der Waals surface area contributed by atoms with Crippen LogP contribution >= 0.6 is 0 Å². The second-order valence-corrected chi connectivity index (χ2v) is 6.59. The van der Waals surface area contributed by atoms with E-state index < -0.39 is 0 Å². The van der Waals surface area contributed by atoms with Gasteiger partial charge in [0.15, 0.2) is 0 Å². The Morgan fingerprint density at radius 2 is 1.93 bits per heavy atom. The summed E-state index contributed by atoms with van der Waals surface area (Å²) in [6.45, 7) is 4.57. The van der Waals surface area contributed by atoms with Gasteiger partial charge in [-0.2, -0.15) is 0 Å². The lowest BCUT2D eigenvalue weighted by Gasteiger charge is -2.10. The Morgan fingerprint density at radius 1 is 1.07 bits per heavy atom. The standard InChI is InChI=1S/C22H24N4O2/c1-15-7-8-16(2)19(11-15)26-21-14-24-20(13-25-21)22(27)23-10-9-17-5-4-6-18(12-17)28-3/h4-8,11-14H,9-10H2,1-3H3,(H,23,27)(H,25,26). The van der Waals surface area contributed by atoms with Crippen LogP contribution in [0.1, 0.15) is 27.2 Å². The smallest absolute Gasteiger partial charge is 0.271 e. The summed E-state index contributed by atoms with van der Waals surface area (Å²) < 4.78 is 5.21. The van der Waals surface area contributed by atoms with Crippen molar-refractivity contribution in [3.8, 4) is 5.75 Å². The zero-order chi connectivity index (χ0) is 19.9. The van der Waals surface area contributed by atoms with Crippen molar-refractivity contribution in [1.82, 2.24) is 15.3 Å². The van der Waals surface area contributed by atoms with Crippen LogP contribution in [0.15, 0.2) is 54.9 Å². The fraction of sp³-hybridized carbons (Fsp3) is 0.227. The molecule has 3 rings (SSSR count). The van der Waals surface area contributed by atoms with Crippen molar-refractivity contribution in [2.45, 2.75) is 20.3 Å². The first-order valence-corrected chi connectivity index (χ1v) is 9.12. The summed E-state index contributed by atoms with van der Waals surface area (Å²) in [5.74, 6) is 1.16. The lowest BCUT2D eigenvalue weighted by Crippen LogP contribution is -2.26. The third kappa shape index (κ3) is 5.07. The third-order valence-corrected chi connectivity index (χ3v) is 4.37. The number of methoxy groups -OCH3 is 1. The van der Waals surface area contributed by atoms with Crippen molar-refractivity contribution in [2.24, 2.45) is 0 Å². The second-order valence-electron chi connectivity index (χ2n) is 6.59. The summed E-state index contributed by atoms with van der Waals surface area (Å²) in [5, 5.41) is 6.11. The van der Waals surface area contributed by atoms with Gasteiger partial charge in [0.1, 0.15) is 17.3 Å². The molecule has 0 fully saturated rings. The van der Waals surface area contributed by atoms with E-state index in [1.54, 1.807) is 13.3 Å². The first kappa shape index (κ1) is 19.4. The molecule has 28 heavy (non-hydrogen) atoms. The van der Waals surface area contributed by atoms with E-state index in [9.17, 15) is 4.79 Å². The van der Waals surface area contributed by atoms with Gasteiger partial charge in [-0.3, -0.25) is 4.79 Å². The molecule has 3 aromatic rings. The number of nitrogens with one attached hydrogen (secondary N) is 2. The van der Waals surface area contributed by atoms with Gasteiger partial charge in [-0.1, -0.05) is 24.3 Å². The molecule has 1 heterocycles. The van der Waals surface area contributed by atoms with E-state index in [1.807, 2.05) is 38.1 Å². The van der Waals surface area contributed by atoms with Gasteiger partial charge in [-0.05, 0) is 55.2 Å². The first-order chi connectivity index (χ1) is 13.5. The largest absolute Gasteiger partial charge is 0.497 e. The molecule has 144 valence electrons. The van der Waals surface area contributed by atoms with Crippen LogP contribution in [0.25, 0.3) is 0 Å². The third-order valence-electron chi connectivity index (χ3n) is 4.37. The fourth-order valence-corrected chi connectivity index (χ4v) is 2.76. The first-order valence-electron chi connectivity index (χ1n) is 9.12. The number of ether oxygens (including phenoxy) is 1. The molecule has 6 nitrogen and oxygen atoms in total. The molecule has 0 saturated heterocycles. The summed E-state index contributed by atoms with van der Waals surface area (Å²) in [6, 6.07) is 14.0. The Kier molecular flexibility index (Phi) is 6.22. The Morgan fingerprint density at radius 3 is 2.68 bits per heavy atom. The molecule has 0 aliphatic carbocycles. The molecule has 0 spiro atoms. The van der Waals surface area contributed by atoms with Crippen LogP contribution in [-0.4, -0.2) is 29.5 Å². The van der Waals surface area contributed by atoms with Crippen LogP contribution in [0.3, 0.4) is 0 Å². The van der Waals surface area contributed by atoms with Gasteiger partial charge in [0.05, 0.1) is 19.5 Å². The van der Waals surface area contributed by atoms with Crippen LogP contribution < -0.4 is 15.4 Å². The Bertz CT molecular complexity index is 955. The average molecular weight is 376 g/mol. The summed E-state index contributed by atoms with van der Waals surface area (Å²) in [7, 11) is 1.64. The predicted octanol–water partition coefficient (Wildman–Crippen LogP) is 3.82. The van der Waals surface area contributed by atoms with Crippen LogP contribution in [0.5, 0.6) is 5.75 Å². The zero-order valence-corrected chi connectivity index (χ0v) is 16.3. The topological polar surface area (TPSA) is 76.1 Å². The van der Waals surface area contributed by atoms with Gasteiger partial charge in [0.2, 0.25) is 0 Å². The molecule has 0 radical (unpaired) electrons. The van der Waals surface area contributed by atoms with Crippen molar-refractivity contribution in [3.63, 3.8) is 0 Å². The van der Waals surface area contributed by atoms with Gasteiger partial charge in [0.25, 0.3) is 5.91 Å². The molecule has 0 saturated carbocycles. The normalized spacial score (nSPS) is 10.4. The minimum atomic E-state index is -0.242. The minimum Gasteiger partial charge on any atom is -0.497 e. The van der Waals surface area contributed by atoms with Crippen molar-refractivity contribution in [3.05, 3.63) is 77.2 Å². The number of aryl methyl sites for hydroxylation is 2. The van der Waals surface area contributed by atoms with E-state index >= 15 is 0 Å². The maximum absolute atomic E-state index is 12.3. The number of hydrogen-bond donors (Lipinski definition) is 2. The van der Waals surface area contributed by atoms with E-state index in [0.29, 0.717) is 18.8 Å². The van der Waals surface area contributed by atoms with Crippen LogP contribution in [-0.2, 0) is 6.42 Å². The van der Waals surface area contributed by atoms with Gasteiger partial charge in [-0.15, -0.1) is 0 Å². The number of hydrogen-bond acceptors (Lipinski definition) is 5. The molecule has 1 amide bonds. The predicted molar refractivity (Wildman–Crippen MR) is 110 cm³/mol. The number of carbonyl (C=O) groups is 1. The van der Waals surface area contributed by atoms with E-state index in [4.69, 9.17) is 4.74 Å². The van der Waals surface area contributed by atoms with Crippen molar-refractivity contribution in [1.29, 1.82) is 0 Å². The highest BCUT2D eigenvalue weighted by atomic mass is 16.5. The van der Waals surface area contributed by atoms with Crippen molar-refractivity contribution in [2.75, 3.05) is 19.0 Å².